The number of amides is 1. The molecule has 0 aliphatic carbocycles. The summed E-state index contributed by atoms with van der Waals surface area (Å²) in [5, 5.41) is 14.6. The maximum atomic E-state index is 13.1. The summed E-state index contributed by atoms with van der Waals surface area (Å²) < 4.78 is 10.9. The summed E-state index contributed by atoms with van der Waals surface area (Å²) in [5.74, 6) is -0.681. The van der Waals surface area contributed by atoms with Crippen LogP contribution in [0.1, 0.15) is 66.5 Å². The highest BCUT2D eigenvalue weighted by Crippen LogP contribution is 2.38. The molecule has 0 radical (unpaired) electrons. The van der Waals surface area contributed by atoms with Gasteiger partial charge in [-0.3, -0.25) is 14.6 Å². The van der Waals surface area contributed by atoms with Crippen molar-refractivity contribution in [2.45, 2.75) is 51.7 Å². The van der Waals surface area contributed by atoms with Crippen LogP contribution >= 0.6 is 0 Å². The first-order valence-corrected chi connectivity index (χ1v) is 9.70. The quantitative estimate of drug-likeness (QED) is 0.577. The maximum absolute atomic E-state index is 13.1. The molecule has 2 N–H and O–H groups in total. The monoisotopic (exact) mass is 410 g/mol. The lowest BCUT2D eigenvalue weighted by Gasteiger charge is -2.21. The van der Waals surface area contributed by atoms with Crippen molar-refractivity contribution in [1.29, 1.82) is 5.41 Å². The van der Waals surface area contributed by atoms with Gasteiger partial charge in [0.2, 0.25) is 0 Å². The van der Waals surface area contributed by atoms with Crippen molar-refractivity contribution < 1.29 is 18.8 Å². The predicted octanol–water partition coefficient (Wildman–Crippen LogP) is 3.60. The number of carbonyl (C=O) groups is 2. The molecule has 0 saturated carbocycles. The van der Waals surface area contributed by atoms with Gasteiger partial charge in [0.25, 0.3) is 5.91 Å². The molecule has 8 heteroatoms. The van der Waals surface area contributed by atoms with Crippen molar-refractivity contribution in [2.24, 2.45) is 4.99 Å². The van der Waals surface area contributed by atoms with E-state index in [0.29, 0.717) is 28.1 Å². The minimum absolute atomic E-state index is 0.0723. The number of fused-ring (bicyclic) bond motifs is 3. The van der Waals surface area contributed by atoms with Gasteiger partial charge in [-0.2, -0.15) is 0 Å². The molecule has 1 aliphatic heterocycles. The molecule has 1 aromatic carbocycles. The number of aromatic nitrogens is 1. The molecule has 3 rings (SSSR count). The summed E-state index contributed by atoms with van der Waals surface area (Å²) in [6.45, 7) is 7.16. The SMILES string of the molecule is CN=CC(C=N)c1ccc2c(c1)C(=O)NC(CC(=O)OC(C)(C)C)c1onc(C)c1-2. The first kappa shape index (κ1) is 21.4. The number of carbonyl (C=O) groups excluding carboxylic acids is 2. The Bertz CT molecular complexity index is 1020. The largest absolute Gasteiger partial charge is 0.460 e. The van der Waals surface area contributed by atoms with Crippen molar-refractivity contribution in [2.75, 3.05) is 7.05 Å². The van der Waals surface area contributed by atoms with E-state index in [0.717, 1.165) is 5.56 Å². The van der Waals surface area contributed by atoms with Gasteiger partial charge in [-0.1, -0.05) is 17.3 Å². The molecule has 1 aromatic heterocycles. The molecule has 1 amide bonds. The van der Waals surface area contributed by atoms with Gasteiger partial charge in [0.15, 0.2) is 5.76 Å². The number of esters is 1. The van der Waals surface area contributed by atoms with Gasteiger partial charge in [-0.05, 0) is 44.9 Å². The number of hydrogen-bond acceptors (Lipinski definition) is 7. The molecule has 158 valence electrons. The molecule has 0 bridgehead atoms. The second-order valence-corrected chi connectivity index (χ2v) is 8.23. The van der Waals surface area contributed by atoms with Crippen LogP contribution in [0, 0.1) is 12.3 Å². The zero-order chi connectivity index (χ0) is 22.1. The summed E-state index contributed by atoms with van der Waals surface area (Å²) in [5.41, 5.74) is 2.57. The van der Waals surface area contributed by atoms with Crippen LogP contribution in [0.5, 0.6) is 0 Å². The van der Waals surface area contributed by atoms with Crippen LogP contribution in [0.25, 0.3) is 11.1 Å². The van der Waals surface area contributed by atoms with Gasteiger partial charge in [0.1, 0.15) is 11.6 Å². The van der Waals surface area contributed by atoms with Gasteiger partial charge in [-0.15, -0.1) is 0 Å². The van der Waals surface area contributed by atoms with Crippen LogP contribution in [-0.2, 0) is 9.53 Å². The van der Waals surface area contributed by atoms with Crippen LogP contribution in [0.15, 0.2) is 27.7 Å². The Kier molecular flexibility index (Phi) is 5.87. The van der Waals surface area contributed by atoms with Crippen molar-refractivity contribution >= 4 is 24.3 Å². The standard InChI is InChI=1S/C22H26N4O4/c1-12-19-15-7-6-13(14(10-23)11-24-5)8-16(15)21(28)25-17(20(19)30-26-12)9-18(27)29-22(2,3)4/h6-8,10-11,14,17,23H,9H2,1-5H3,(H,25,28). The molecule has 0 fully saturated rings. The van der Waals surface area contributed by atoms with E-state index in [9.17, 15) is 9.59 Å². The van der Waals surface area contributed by atoms with Crippen molar-refractivity contribution in [1.82, 2.24) is 10.5 Å². The Morgan fingerprint density at radius 3 is 2.77 bits per heavy atom. The molecule has 0 spiro atoms. The average molecular weight is 410 g/mol. The van der Waals surface area contributed by atoms with Gasteiger partial charge in [-0.25, -0.2) is 0 Å². The van der Waals surface area contributed by atoms with Gasteiger partial charge >= 0.3 is 5.97 Å². The van der Waals surface area contributed by atoms with Crippen LogP contribution in [0.4, 0.5) is 0 Å². The third-order valence-electron chi connectivity index (χ3n) is 4.73. The Balaban J connectivity index is 2.04. The molecular formula is C22H26N4O4. The molecule has 30 heavy (non-hydrogen) atoms. The van der Waals surface area contributed by atoms with Gasteiger partial charge in [0.05, 0.1) is 23.6 Å². The summed E-state index contributed by atoms with van der Waals surface area (Å²) in [7, 11) is 1.64. The van der Waals surface area contributed by atoms with E-state index in [2.05, 4.69) is 15.5 Å². The molecule has 0 saturated heterocycles. The predicted molar refractivity (Wildman–Crippen MR) is 113 cm³/mol. The van der Waals surface area contributed by atoms with E-state index >= 15 is 0 Å². The second-order valence-electron chi connectivity index (χ2n) is 8.23. The van der Waals surface area contributed by atoms with E-state index < -0.39 is 17.6 Å². The smallest absolute Gasteiger partial charge is 0.308 e. The van der Waals surface area contributed by atoms with Gasteiger partial charge in [0, 0.05) is 25.0 Å². The lowest BCUT2D eigenvalue weighted by atomic mass is 9.92. The minimum atomic E-state index is -0.699. The van der Waals surface area contributed by atoms with Crippen LogP contribution < -0.4 is 5.32 Å². The zero-order valence-corrected chi connectivity index (χ0v) is 17.8. The highest BCUT2D eigenvalue weighted by atomic mass is 16.6. The number of rotatable bonds is 5. The molecular weight excluding hydrogens is 384 g/mol. The number of aliphatic imine (C=N–C) groups is 1. The fourth-order valence-electron chi connectivity index (χ4n) is 3.51. The Morgan fingerprint density at radius 2 is 2.13 bits per heavy atom. The maximum Gasteiger partial charge on any atom is 0.308 e. The highest BCUT2D eigenvalue weighted by Gasteiger charge is 2.34. The molecule has 1 aliphatic rings. The number of nitrogens with zero attached hydrogens (tertiary/aromatic N) is 2. The summed E-state index contributed by atoms with van der Waals surface area (Å²) in [6, 6.07) is 4.72. The number of benzene rings is 1. The van der Waals surface area contributed by atoms with Crippen molar-refractivity contribution in [3.8, 4) is 11.1 Å². The molecule has 8 nitrogen and oxygen atoms in total. The Hall–Kier alpha value is -3.29. The number of nitrogens with one attached hydrogen (secondary N) is 2. The number of aryl methyl sites for hydroxylation is 1. The normalized spacial score (nSPS) is 17.0. The summed E-state index contributed by atoms with van der Waals surface area (Å²) in [4.78, 5) is 29.5. The molecule has 2 heterocycles. The minimum Gasteiger partial charge on any atom is -0.460 e. The van der Waals surface area contributed by atoms with Crippen LogP contribution in [0.3, 0.4) is 0 Å². The molecule has 2 aromatic rings. The first-order chi connectivity index (χ1) is 14.1. The molecule has 2 atom stereocenters. The van der Waals surface area contributed by atoms with E-state index in [1.165, 1.54) is 6.21 Å². The lowest BCUT2D eigenvalue weighted by Crippen LogP contribution is -2.31. The summed E-state index contributed by atoms with van der Waals surface area (Å²) in [6.07, 6.45) is 2.84. The Labute approximate surface area is 175 Å². The van der Waals surface area contributed by atoms with Crippen molar-refractivity contribution in [3.05, 3.63) is 40.8 Å². The lowest BCUT2D eigenvalue weighted by molar-refractivity contribution is -0.155. The fraction of sp³-hybridized carbons (Fsp3) is 0.409. The van der Waals surface area contributed by atoms with E-state index in [1.54, 1.807) is 47.0 Å². The third-order valence-corrected chi connectivity index (χ3v) is 4.73. The zero-order valence-electron chi connectivity index (χ0n) is 17.8. The number of ether oxygens (including phenoxy) is 1. The summed E-state index contributed by atoms with van der Waals surface area (Å²) >= 11 is 0. The van der Waals surface area contributed by atoms with E-state index in [4.69, 9.17) is 14.7 Å². The van der Waals surface area contributed by atoms with Gasteiger partial charge < -0.3 is 20.0 Å². The van der Waals surface area contributed by atoms with Crippen LogP contribution in [0.2, 0.25) is 0 Å². The first-order valence-electron chi connectivity index (χ1n) is 9.70. The third kappa shape index (κ3) is 4.32. The molecule has 2 unspecified atom stereocenters. The van der Waals surface area contributed by atoms with Crippen molar-refractivity contribution in [3.63, 3.8) is 0 Å². The second kappa shape index (κ2) is 8.22. The highest BCUT2D eigenvalue weighted by molar-refractivity contribution is 6.04. The Morgan fingerprint density at radius 1 is 1.40 bits per heavy atom. The number of hydrogen-bond donors (Lipinski definition) is 2. The average Bonchev–Trinajstić information content (AvgIpc) is 2.99. The van der Waals surface area contributed by atoms with E-state index in [-0.39, 0.29) is 18.2 Å². The van der Waals surface area contributed by atoms with E-state index in [1.807, 2.05) is 12.1 Å². The topological polar surface area (TPSA) is 118 Å². The fourth-order valence-corrected chi connectivity index (χ4v) is 3.51. The van der Waals surface area contributed by atoms with Crippen LogP contribution in [-0.4, -0.2) is 42.1 Å².